The first-order valence-electron chi connectivity index (χ1n) is 5.73. The molecule has 0 aromatic heterocycles. The van der Waals surface area contributed by atoms with Crippen molar-refractivity contribution in [1.82, 2.24) is 5.43 Å². The molecule has 20 heavy (non-hydrogen) atoms. The van der Waals surface area contributed by atoms with Crippen LogP contribution in [0.1, 0.15) is 31.9 Å². The molecule has 108 valence electrons. The fourth-order valence-electron chi connectivity index (χ4n) is 1.48. The Morgan fingerprint density at radius 3 is 2.55 bits per heavy atom. The number of rotatable bonds is 3. The van der Waals surface area contributed by atoms with Crippen molar-refractivity contribution in [2.24, 2.45) is 10.8 Å². The van der Waals surface area contributed by atoms with Crippen molar-refractivity contribution >= 4 is 17.9 Å². The Morgan fingerprint density at radius 2 is 2.10 bits per heavy atom. The second kappa shape index (κ2) is 5.55. The number of hydrogen-bond donors (Lipinski definition) is 3. The normalized spacial score (nSPS) is 11.6. The summed E-state index contributed by atoms with van der Waals surface area (Å²) < 4.78 is 0. The summed E-state index contributed by atoms with van der Waals surface area (Å²) in [7, 11) is 0. The fourth-order valence-corrected chi connectivity index (χ4v) is 1.48. The van der Waals surface area contributed by atoms with Crippen molar-refractivity contribution in [2.75, 3.05) is 0 Å². The molecule has 0 radical (unpaired) electrons. The van der Waals surface area contributed by atoms with Gasteiger partial charge in [0.25, 0.3) is 0 Å². The van der Waals surface area contributed by atoms with E-state index in [2.05, 4.69) is 5.10 Å². The molecule has 0 fully saturated rings. The van der Waals surface area contributed by atoms with Crippen LogP contribution >= 0.6 is 0 Å². The van der Waals surface area contributed by atoms with Crippen molar-refractivity contribution in [3.05, 3.63) is 33.4 Å². The Bertz CT molecular complexity index is 576. The van der Waals surface area contributed by atoms with E-state index in [1.165, 1.54) is 6.07 Å². The van der Waals surface area contributed by atoms with Crippen molar-refractivity contribution < 1.29 is 14.8 Å². The molecule has 0 aliphatic heterocycles. The average Bonchev–Trinajstić information content (AvgIpc) is 2.28. The van der Waals surface area contributed by atoms with Gasteiger partial charge in [-0.1, -0.05) is 20.8 Å². The number of primary amides is 1. The third-order valence-corrected chi connectivity index (χ3v) is 2.56. The first-order valence-corrected chi connectivity index (χ1v) is 5.73. The van der Waals surface area contributed by atoms with Crippen molar-refractivity contribution in [3.8, 4) is 5.75 Å². The molecule has 0 bridgehead atoms. The van der Waals surface area contributed by atoms with Gasteiger partial charge in [0.15, 0.2) is 0 Å². The Labute approximate surface area is 115 Å². The topological polar surface area (TPSA) is 131 Å². The molecule has 0 spiro atoms. The number of nitrogens with one attached hydrogen (secondary N) is 1. The van der Waals surface area contributed by atoms with Crippen LogP contribution in [0.15, 0.2) is 17.2 Å². The quantitative estimate of drug-likeness (QED) is 0.440. The maximum atomic E-state index is 10.9. The van der Waals surface area contributed by atoms with Gasteiger partial charge >= 0.3 is 11.7 Å². The van der Waals surface area contributed by atoms with Crippen LogP contribution in [0.5, 0.6) is 5.75 Å². The highest BCUT2D eigenvalue weighted by Gasteiger charge is 2.23. The molecule has 1 rings (SSSR count). The molecule has 2 amide bonds. The monoisotopic (exact) mass is 280 g/mol. The van der Waals surface area contributed by atoms with E-state index in [-0.39, 0.29) is 11.0 Å². The summed E-state index contributed by atoms with van der Waals surface area (Å²) in [4.78, 5) is 20.8. The summed E-state index contributed by atoms with van der Waals surface area (Å²) in [5.41, 5.74) is 6.80. The molecule has 0 aliphatic carbocycles. The van der Waals surface area contributed by atoms with Gasteiger partial charge in [-0.15, -0.1) is 0 Å². The lowest BCUT2D eigenvalue weighted by Gasteiger charge is -2.19. The van der Waals surface area contributed by atoms with Gasteiger partial charge in [0.05, 0.1) is 11.1 Å². The lowest BCUT2D eigenvalue weighted by Crippen LogP contribution is -2.24. The maximum Gasteiger partial charge on any atom is 0.332 e. The standard InChI is InChI=1S/C12H16N4O4/c1-12(2,3)8-4-7(6-14-15-11(13)18)10(17)9(5-8)16(19)20/h4-6,17H,1-3H3,(H3,13,15,18). The van der Waals surface area contributed by atoms with E-state index >= 15 is 0 Å². The van der Waals surface area contributed by atoms with E-state index in [9.17, 15) is 20.0 Å². The average molecular weight is 280 g/mol. The third kappa shape index (κ3) is 3.67. The Balaban J connectivity index is 3.35. The lowest BCUT2D eigenvalue weighted by atomic mass is 9.85. The minimum Gasteiger partial charge on any atom is -0.502 e. The number of nitrogens with two attached hydrogens (primary N) is 1. The van der Waals surface area contributed by atoms with Crippen LogP contribution in [-0.4, -0.2) is 22.3 Å². The van der Waals surface area contributed by atoms with E-state index in [1.807, 2.05) is 26.2 Å². The number of nitro groups is 1. The van der Waals surface area contributed by atoms with Gasteiger partial charge in [-0.25, -0.2) is 10.2 Å². The predicted octanol–water partition coefficient (Wildman–Crippen LogP) is 1.60. The number of phenolic OH excluding ortho intramolecular Hbond substituents is 1. The number of hydrazone groups is 1. The molecule has 0 unspecified atom stereocenters. The molecule has 0 atom stereocenters. The highest BCUT2D eigenvalue weighted by Crippen LogP contribution is 2.34. The highest BCUT2D eigenvalue weighted by molar-refractivity contribution is 5.87. The number of benzene rings is 1. The molecule has 0 saturated carbocycles. The van der Waals surface area contributed by atoms with Gasteiger partial charge in [-0.2, -0.15) is 5.10 Å². The van der Waals surface area contributed by atoms with Crippen LogP contribution in [0, 0.1) is 10.1 Å². The summed E-state index contributed by atoms with van der Waals surface area (Å²) in [5, 5.41) is 24.3. The van der Waals surface area contributed by atoms with E-state index in [0.717, 1.165) is 6.21 Å². The Hall–Kier alpha value is -2.64. The smallest absolute Gasteiger partial charge is 0.332 e. The number of nitro benzene ring substituents is 1. The zero-order valence-electron chi connectivity index (χ0n) is 11.4. The zero-order valence-corrected chi connectivity index (χ0v) is 11.4. The molecule has 0 heterocycles. The van der Waals surface area contributed by atoms with Gasteiger partial charge in [-0.05, 0) is 17.0 Å². The molecule has 1 aromatic rings. The predicted molar refractivity (Wildman–Crippen MR) is 73.8 cm³/mol. The molecule has 8 nitrogen and oxygen atoms in total. The van der Waals surface area contributed by atoms with Gasteiger partial charge in [0.2, 0.25) is 5.75 Å². The minimum absolute atomic E-state index is 0.123. The summed E-state index contributed by atoms with van der Waals surface area (Å²) in [5.74, 6) is -0.516. The molecule has 4 N–H and O–H groups in total. The maximum absolute atomic E-state index is 10.9. The van der Waals surface area contributed by atoms with Crippen LogP contribution in [0.3, 0.4) is 0 Å². The molecule has 1 aromatic carbocycles. The zero-order chi connectivity index (χ0) is 15.5. The van der Waals surface area contributed by atoms with E-state index in [0.29, 0.717) is 5.56 Å². The molecule has 8 heteroatoms. The number of urea groups is 1. The summed E-state index contributed by atoms with van der Waals surface area (Å²) in [6.07, 6.45) is 1.10. The minimum atomic E-state index is -0.873. The number of carbonyl (C=O) groups excluding carboxylic acids is 1. The number of amides is 2. The SMILES string of the molecule is CC(C)(C)c1cc(C=NNC(N)=O)c(O)c([N+](=O)[O-])c1. The molecule has 0 aliphatic rings. The van der Waals surface area contributed by atoms with Gasteiger partial charge in [0.1, 0.15) is 0 Å². The van der Waals surface area contributed by atoms with Gasteiger partial charge < -0.3 is 10.8 Å². The highest BCUT2D eigenvalue weighted by atomic mass is 16.6. The van der Waals surface area contributed by atoms with E-state index < -0.39 is 22.4 Å². The van der Waals surface area contributed by atoms with Crippen LogP contribution in [-0.2, 0) is 5.41 Å². The van der Waals surface area contributed by atoms with Crippen molar-refractivity contribution in [3.63, 3.8) is 0 Å². The van der Waals surface area contributed by atoms with Gasteiger partial charge in [-0.3, -0.25) is 10.1 Å². The Morgan fingerprint density at radius 1 is 1.50 bits per heavy atom. The van der Waals surface area contributed by atoms with Crippen LogP contribution in [0.4, 0.5) is 10.5 Å². The number of hydrogen-bond acceptors (Lipinski definition) is 5. The van der Waals surface area contributed by atoms with Crippen molar-refractivity contribution in [1.29, 1.82) is 0 Å². The fraction of sp³-hybridized carbons (Fsp3) is 0.333. The second-order valence-electron chi connectivity index (χ2n) is 5.17. The molecule has 0 saturated heterocycles. The van der Waals surface area contributed by atoms with Crippen LogP contribution in [0.25, 0.3) is 0 Å². The largest absolute Gasteiger partial charge is 0.502 e. The number of carbonyl (C=O) groups is 1. The van der Waals surface area contributed by atoms with Crippen molar-refractivity contribution in [2.45, 2.75) is 26.2 Å². The van der Waals surface area contributed by atoms with E-state index in [1.54, 1.807) is 6.07 Å². The lowest BCUT2D eigenvalue weighted by molar-refractivity contribution is -0.386. The number of nitrogens with zero attached hydrogens (tertiary/aromatic N) is 2. The van der Waals surface area contributed by atoms with Crippen LogP contribution in [0.2, 0.25) is 0 Å². The molecular formula is C12H16N4O4. The first-order chi connectivity index (χ1) is 9.12. The Kier molecular flexibility index (Phi) is 4.28. The first kappa shape index (κ1) is 15.4. The number of aromatic hydroxyl groups is 1. The molecular weight excluding hydrogens is 264 g/mol. The van der Waals surface area contributed by atoms with Gasteiger partial charge in [0, 0.05) is 11.6 Å². The summed E-state index contributed by atoms with van der Waals surface area (Å²) in [6.45, 7) is 5.64. The number of phenols is 1. The summed E-state index contributed by atoms with van der Waals surface area (Å²) in [6, 6.07) is 2.00. The second-order valence-corrected chi connectivity index (χ2v) is 5.17. The third-order valence-electron chi connectivity index (χ3n) is 2.56. The summed E-state index contributed by atoms with van der Waals surface area (Å²) >= 11 is 0. The van der Waals surface area contributed by atoms with Crippen LogP contribution < -0.4 is 11.2 Å². The van der Waals surface area contributed by atoms with E-state index in [4.69, 9.17) is 5.73 Å².